The zero-order valence-electron chi connectivity index (χ0n) is 20.5. The lowest BCUT2D eigenvalue weighted by Gasteiger charge is -2.17. The maximum Gasteiger partial charge on any atom is 0.269 e. The number of nitro benzene ring substituents is 2. The zero-order valence-corrected chi connectivity index (χ0v) is 21.3. The fraction of sp³-hybridized carbons (Fsp3) is 0. The Morgan fingerprint density at radius 2 is 0.846 bits per heavy atom. The van der Waals surface area contributed by atoms with Crippen LogP contribution in [-0.2, 0) is 0 Å². The normalized spacial score (nSPS) is 11.1. The van der Waals surface area contributed by atoms with E-state index in [1.165, 1.54) is 24.3 Å². The molecule has 0 aliphatic rings. The van der Waals surface area contributed by atoms with Crippen LogP contribution < -0.4 is 0 Å². The van der Waals surface area contributed by atoms with Gasteiger partial charge in [-0.3, -0.25) is 20.2 Å². The largest absolute Gasteiger partial charge is 0.269 e. The molecular formula is C32H20N2O4S. The maximum absolute atomic E-state index is 11.3. The minimum absolute atomic E-state index is 0.0447. The highest BCUT2D eigenvalue weighted by molar-refractivity contribution is 8.00. The van der Waals surface area contributed by atoms with Crippen molar-refractivity contribution in [3.05, 3.63) is 142 Å². The van der Waals surface area contributed by atoms with Crippen LogP contribution in [0.2, 0.25) is 0 Å². The lowest BCUT2D eigenvalue weighted by molar-refractivity contribution is -0.385. The molecule has 0 amide bonds. The van der Waals surface area contributed by atoms with Crippen LogP contribution in [0.15, 0.2) is 131 Å². The summed E-state index contributed by atoms with van der Waals surface area (Å²) in [5.74, 6) is 0. The van der Waals surface area contributed by atoms with E-state index in [1.807, 2.05) is 24.3 Å². The first kappa shape index (κ1) is 24.3. The van der Waals surface area contributed by atoms with Crippen LogP contribution in [0, 0.1) is 20.2 Å². The van der Waals surface area contributed by atoms with Gasteiger partial charge in [-0.25, -0.2) is 0 Å². The summed E-state index contributed by atoms with van der Waals surface area (Å²) < 4.78 is 0. The first-order chi connectivity index (χ1) is 19.0. The van der Waals surface area contributed by atoms with Crippen molar-refractivity contribution in [3.63, 3.8) is 0 Å². The zero-order chi connectivity index (χ0) is 26.9. The molecule has 6 nitrogen and oxygen atoms in total. The Labute approximate surface area is 227 Å². The van der Waals surface area contributed by atoms with Crippen molar-refractivity contribution < 1.29 is 9.85 Å². The summed E-state index contributed by atoms with van der Waals surface area (Å²) in [7, 11) is 0. The van der Waals surface area contributed by atoms with Gasteiger partial charge in [0.2, 0.25) is 0 Å². The molecule has 0 saturated carbocycles. The summed E-state index contributed by atoms with van der Waals surface area (Å²) in [4.78, 5) is 23.8. The first-order valence-corrected chi connectivity index (χ1v) is 13.0. The molecule has 0 radical (unpaired) electrons. The predicted molar refractivity (Wildman–Crippen MR) is 156 cm³/mol. The summed E-state index contributed by atoms with van der Waals surface area (Å²) in [6, 6.07) is 37.8. The van der Waals surface area contributed by atoms with Gasteiger partial charge in [0.05, 0.1) is 9.85 Å². The molecule has 39 heavy (non-hydrogen) atoms. The quantitative estimate of drug-likeness (QED) is 0.159. The number of nitro groups is 2. The minimum Gasteiger partial charge on any atom is -0.258 e. The van der Waals surface area contributed by atoms with E-state index < -0.39 is 9.85 Å². The van der Waals surface area contributed by atoms with Crippen LogP contribution in [0.25, 0.3) is 43.8 Å². The number of non-ortho nitro benzene ring substituents is 2. The Bertz CT molecular complexity index is 1750. The van der Waals surface area contributed by atoms with Gasteiger partial charge in [-0.05, 0) is 68.1 Å². The fourth-order valence-corrected chi connectivity index (χ4v) is 6.18. The van der Waals surface area contributed by atoms with Crippen molar-refractivity contribution in [1.29, 1.82) is 0 Å². The van der Waals surface area contributed by atoms with E-state index in [4.69, 9.17) is 0 Å². The Morgan fingerprint density at radius 3 is 1.23 bits per heavy atom. The molecule has 6 aromatic carbocycles. The van der Waals surface area contributed by atoms with E-state index in [1.54, 1.807) is 36.0 Å². The van der Waals surface area contributed by atoms with E-state index in [-0.39, 0.29) is 11.4 Å². The number of fused-ring (bicyclic) bond motifs is 2. The molecule has 0 bridgehead atoms. The Kier molecular flexibility index (Phi) is 6.26. The predicted octanol–water partition coefficient (Wildman–Crippen LogP) is 9.29. The van der Waals surface area contributed by atoms with E-state index >= 15 is 0 Å². The summed E-state index contributed by atoms with van der Waals surface area (Å²) in [6.45, 7) is 0. The molecule has 0 fully saturated rings. The van der Waals surface area contributed by atoms with Gasteiger partial charge in [-0.1, -0.05) is 84.6 Å². The molecule has 7 heteroatoms. The summed E-state index contributed by atoms with van der Waals surface area (Å²) >= 11 is 1.64. The molecule has 0 unspecified atom stereocenters. The Hall–Kier alpha value is -5.01. The number of rotatable bonds is 6. The number of hydrogen-bond donors (Lipinski definition) is 0. The van der Waals surface area contributed by atoms with Crippen LogP contribution in [0.5, 0.6) is 0 Å². The first-order valence-electron chi connectivity index (χ1n) is 12.2. The van der Waals surface area contributed by atoms with Gasteiger partial charge in [-0.15, -0.1) is 0 Å². The molecular weight excluding hydrogens is 508 g/mol. The molecule has 6 aromatic rings. The molecule has 0 atom stereocenters. The van der Waals surface area contributed by atoms with Gasteiger partial charge in [0.1, 0.15) is 0 Å². The highest BCUT2D eigenvalue weighted by Crippen LogP contribution is 2.47. The van der Waals surface area contributed by atoms with Crippen molar-refractivity contribution in [2.75, 3.05) is 0 Å². The van der Waals surface area contributed by atoms with Crippen molar-refractivity contribution in [2.45, 2.75) is 9.79 Å². The monoisotopic (exact) mass is 528 g/mol. The molecule has 0 aromatic heterocycles. The molecule has 0 N–H and O–H groups in total. The van der Waals surface area contributed by atoms with Crippen molar-refractivity contribution in [3.8, 4) is 22.3 Å². The third kappa shape index (κ3) is 4.60. The van der Waals surface area contributed by atoms with Crippen molar-refractivity contribution in [1.82, 2.24) is 0 Å². The standard InChI is InChI=1S/C32H20N2O4S/c35-33(36)25-15-9-23(10-16-25)29-19-13-21-5-1-3-7-27(21)31(29)39-32-28-8-4-2-6-22(28)14-20-30(32)24-11-17-26(18-12-24)34(37)38/h1-20H. The Morgan fingerprint density at radius 1 is 0.462 bits per heavy atom. The van der Waals surface area contributed by atoms with E-state index in [2.05, 4.69) is 48.5 Å². The number of hydrogen-bond acceptors (Lipinski definition) is 5. The van der Waals surface area contributed by atoms with Gasteiger partial charge in [0.15, 0.2) is 0 Å². The summed E-state index contributed by atoms with van der Waals surface area (Å²) in [5.41, 5.74) is 3.79. The van der Waals surface area contributed by atoms with Crippen LogP contribution in [-0.4, -0.2) is 9.85 Å². The molecule has 0 heterocycles. The van der Waals surface area contributed by atoms with Gasteiger partial charge in [0.25, 0.3) is 11.4 Å². The average molecular weight is 529 g/mol. The highest BCUT2D eigenvalue weighted by atomic mass is 32.2. The van der Waals surface area contributed by atoms with E-state index in [9.17, 15) is 20.2 Å². The molecule has 0 aliphatic heterocycles. The summed E-state index contributed by atoms with van der Waals surface area (Å²) in [6.07, 6.45) is 0. The van der Waals surface area contributed by atoms with Gasteiger partial charge in [-0.2, -0.15) is 0 Å². The molecule has 0 aliphatic carbocycles. The smallest absolute Gasteiger partial charge is 0.258 e. The average Bonchev–Trinajstić information content (AvgIpc) is 2.97. The van der Waals surface area contributed by atoms with Crippen LogP contribution in [0.4, 0.5) is 11.4 Å². The van der Waals surface area contributed by atoms with Crippen LogP contribution in [0.1, 0.15) is 0 Å². The molecule has 0 spiro atoms. The van der Waals surface area contributed by atoms with E-state index in [0.717, 1.165) is 53.6 Å². The molecule has 6 rings (SSSR count). The topological polar surface area (TPSA) is 86.3 Å². The van der Waals surface area contributed by atoms with E-state index in [0.29, 0.717) is 0 Å². The third-order valence-corrected chi connectivity index (χ3v) is 8.03. The maximum atomic E-state index is 11.3. The van der Waals surface area contributed by atoms with Crippen LogP contribution in [0.3, 0.4) is 0 Å². The van der Waals surface area contributed by atoms with Gasteiger partial charge >= 0.3 is 0 Å². The lowest BCUT2D eigenvalue weighted by Crippen LogP contribution is -1.91. The van der Waals surface area contributed by atoms with Crippen molar-refractivity contribution >= 4 is 44.7 Å². The fourth-order valence-electron chi connectivity index (χ4n) is 4.79. The highest BCUT2D eigenvalue weighted by Gasteiger charge is 2.18. The second-order valence-electron chi connectivity index (χ2n) is 9.04. The van der Waals surface area contributed by atoms with Crippen LogP contribution >= 0.6 is 11.8 Å². The van der Waals surface area contributed by atoms with Gasteiger partial charge in [0, 0.05) is 34.1 Å². The molecule has 0 saturated heterocycles. The van der Waals surface area contributed by atoms with Crippen molar-refractivity contribution in [2.24, 2.45) is 0 Å². The third-order valence-electron chi connectivity index (χ3n) is 6.74. The molecule has 188 valence electrons. The van der Waals surface area contributed by atoms with Gasteiger partial charge < -0.3 is 0 Å². The second kappa shape index (κ2) is 10.0. The lowest BCUT2D eigenvalue weighted by atomic mass is 10.0. The second-order valence-corrected chi connectivity index (χ2v) is 10.1. The number of benzene rings is 6. The number of nitrogens with zero attached hydrogens (tertiary/aromatic N) is 2. The SMILES string of the molecule is O=[N+]([O-])c1ccc(-c2ccc3ccccc3c2Sc2c(-c3ccc([N+](=O)[O-])cc3)ccc3ccccc23)cc1. The minimum atomic E-state index is -0.396. The summed E-state index contributed by atoms with van der Waals surface area (Å²) in [5, 5.41) is 26.8. The Balaban J connectivity index is 1.58.